The van der Waals surface area contributed by atoms with Crippen molar-refractivity contribution in [2.75, 3.05) is 6.61 Å². The van der Waals surface area contributed by atoms with Crippen LogP contribution in [0, 0.1) is 5.92 Å². The SMILES string of the molecule is CCOc1ccc(-n2cncc2C(N)C(C)C)cc1. The number of rotatable bonds is 5. The molecule has 4 heteroatoms. The van der Waals surface area contributed by atoms with E-state index in [1.54, 1.807) is 6.33 Å². The molecule has 0 aliphatic rings. The Hall–Kier alpha value is -1.81. The van der Waals surface area contributed by atoms with E-state index in [0.717, 1.165) is 17.1 Å². The monoisotopic (exact) mass is 259 g/mol. The molecule has 1 heterocycles. The number of benzene rings is 1. The predicted molar refractivity (Wildman–Crippen MR) is 76.5 cm³/mol. The zero-order valence-electron chi connectivity index (χ0n) is 11.7. The molecule has 1 aromatic carbocycles. The van der Waals surface area contributed by atoms with E-state index in [0.29, 0.717) is 12.5 Å². The highest BCUT2D eigenvalue weighted by Gasteiger charge is 2.15. The summed E-state index contributed by atoms with van der Waals surface area (Å²) in [7, 11) is 0. The van der Waals surface area contributed by atoms with Crippen LogP contribution in [0.4, 0.5) is 0 Å². The van der Waals surface area contributed by atoms with E-state index in [1.807, 2.05) is 42.0 Å². The van der Waals surface area contributed by atoms with Crippen molar-refractivity contribution >= 4 is 0 Å². The van der Waals surface area contributed by atoms with Crippen LogP contribution in [-0.4, -0.2) is 16.2 Å². The number of nitrogens with zero attached hydrogens (tertiary/aromatic N) is 2. The fourth-order valence-corrected chi connectivity index (χ4v) is 1.98. The first-order chi connectivity index (χ1) is 9.13. The summed E-state index contributed by atoms with van der Waals surface area (Å²) < 4.78 is 7.47. The Kier molecular flexibility index (Phi) is 4.22. The van der Waals surface area contributed by atoms with Crippen molar-refractivity contribution in [3.05, 3.63) is 42.5 Å². The second kappa shape index (κ2) is 5.89. The van der Waals surface area contributed by atoms with Gasteiger partial charge < -0.3 is 15.0 Å². The lowest BCUT2D eigenvalue weighted by Crippen LogP contribution is -2.19. The highest BCUT2D eigenvalue weighted by atomic mass is 16.5. The number of imidazole rings is 1. The second-order valence-corrected chi connectivity index (χ2v) is 4.89. The van der Waals surface area contributed by atoms with E-state index in [-0.39, 0.29) is 6.04 Å². The number of ether oxygens (including phenoxy) is 1. The Balaban J connectivity index is 2.29. The van der Waals surface area contributed by atoms with E-state index in [9.17, 15) is 0 Å². The molecule has 1 atom stereocenters. The topological polar surface area (TPSA) is 53.1 Å². The molecule has 19 heavy (non-hydrogen) atoms. The van der Waals surface area contributed by atoms with Gasteiger partial charge in [0.05, 0.1) is 24.8 Å². The molecule has 0 radical (unpaired) electrons. The van der Waals surface area contributed by atoms with Crippen molar-refractivity contribution in [1.82, 2.24) is 9.55 Å². The number of hydrogen-bond acceptors (Lipinski definition) is 3. The van der Waals surface area contributed by atoms with Gasteiger partial charge in [-0.2, -0.15) is 0 Å². The molecule has 0 bridgehead atoms. The van der Waals surface area contributed by atoms with Crippen LogP contribution in [0.1, 0.15) is 32.5 Å². The van der Waals surface area contributed by atoms with E-state index < -0.39 is 0 Å². The third kappa shape index (κ3) is 2.96. The van der Waals surface area contributed by atoms with Gasteiger partial charge in [-0.15, -0.1) is 0 Å². The van der Waals surface area contributed by atoms with Crippen LogP contribution in [0.2, 0.25) is 0 Å². The summed E-state index contributed by atoms with van der Waals surface area (Å²) in [6.45, 7) is 6.87. The van der Waals surface area contributed by atoms with Crippen LogP contribution in [0.5, 0.6) is 5.75 Å². The molecule has 2 N–H and O–H groups in total. The molecular formula is C15H21N3O. The molecule has 4 nitrogen and oxygen atoms in total. The van der Waals surface area contributed by atoms with Gasteiger partial charge in [0, 0.05) is 11.7 Å². The maximum Gasteiger partial charge on any atom is 0.119 e. The van der Waals surface area contributed by atoms with Crippen molar-refractivity contribution in [2.45, 2.75) is 26.8 Å². The smallest absolute Gasteiger partial charge is 0.119 e. The van der Waals surface area contributed by atoms with Crippen molar-refractivity contribution in [1.29, 1.82) is 0 Å². The van der Waals surface area contributed by atoms with Crippen LogP contribution in [0.15, 0.2) is 36.8 Å². The molecule has 1 aromatic heterocycles. The molecule has 102 valence electrons. The van der Waals surface area contributed by atoms with Gasteiger partial charge in [0.2, 0.25) is 0 Å². The minimum Gasteiger partial charge on any atom is -0.494 e. The van der Waals surface area contributed by atoms with Crippen molar-refractivity contribution in [2.24, 2.45) is 11.7 Å². The minimum absolute atomic E-state index is 0.0194. The van der Waals surface area contributed by atoms with Crippen LogP contribution < -0.4 is 10.5 Å². The summed E-state index contributed by atoms with van der Waals surface area (Å²) in [5, 5.41) is 0. The van der Waals surface area contributed by atoms with Gasteiger partial charge in [-0.25, -0.2) is 4.98 Å². The molecule has 2 aromatic rings. The van der Waals surface area contributed by atoms with E-state index in [2.05, 4.69) is 18.8 Å². The highest BCUT2D eigenvalue weighted by Crippen LogP contribution is 2.23. The lowest BCUT2D eigenvalue weighted by atomic mass is 10.0. The third-order valence-electron chi connectivity index (χ3n) is 3.15. The van der Waals surface area contributed by atoms with Gasteiger partial charge in [-0.1, -0.05) is 13.8 Å². The summed E-state index contributed by atoms with van der Waals surface area (Å²) in [5.74, 6) is 1.25. The lowest BCUT2D eigenvalue weighted by Gasteiger charge is -2.18. The summed E-state index contributed by atoms with van der Waals surface area (Å²) >= 11 is 0. The summed E-state index contributed by atoms with van der Waals surface area (Å²) in [6.07, 6.45) is 3.63. The van der Waals surface area contributed by atoms with Crippen molar-refractivity contribution in [3.8, 4) is 11.4 Å². The molecule has 0 fully saturated rings. The minimum atomic E-state index is -0.0194. The van der Waals surface area contributed by atoms with Gasteiger partial charge >= 0.3 is 0 Å². The van der Waals surface area contributed by atoms with Gasteiger partial charge in [0.1, 0.15) is 5.75 Å². The average Bonchev–Trinajstić information content (AvgIpc) is 2.88. The molecule has 1 unspecified atom stereocenters. The first kappa shape index (κ1) is 13.6. The number of aromatic nitrogens is 2. The lowest BCUT2D eigenvalue weighted by molar-refractivity contribution is 0.340. The first-order valence-corrected chi connectivity index (χ1v) is 6.64. The average molecular weight is 259 g/mol. The molecular weight excluding hydrogens is 238 g/mol. The molecule has 0 saturated carbocycles. The van der Waals surface area contributed by atoms with Crippen LogP contribution in [0.3, 0.4) is 0 Å². The summed E-state index contributed by atoms with van der Waals surface area (Å²) in [5.41, 5.74) is 8.29. The fraction of sp³-hybridized carbons (Fsp3) is 0.400. The van der Waals surface area contributed by atoms with Gasteiger partial charge in [-0.05, 0) is 37.1 Å². The van der Waals surface area contributed by atoms with E-state index in [4.69, 9.17) is 10.5 Å². The second-order valence-electron chi connectivity index (χ2n) is 4.89. The Morgan fingerprint density at radius 1 is 1.26 bits per heavy atom. The molecule has 2 rings (SSSR count). The normalized spacial score (nSPS) is 12.7. The van der Waals surface area contributed by atoms with Crippen molar-refractivity contribution < 1.29 is 4.74 Å². The maximum absolute atomic E-state index is 6.21. The highest BCUT2D eigenvalue weighted by molar-refractivity contribution is 5.39. The van der Waals surface area contributed by atoms with Crippen LogP contribution >= 0.6 is 0 Å². The van der Waals surface area contributed by atoms with Gasteiger partial charge in [0.25, 0.3) is 0 Å². The largest absolute Gasteiger partial charge is 0.494 e. The Morgan fingerprint density at radius 2 is 1.95 bits per heavy atom. The first-order valence-electron chi connectivity index (χ1n) is 6.64. The van der Waals surface area contributed by atoms with Crippen molar-refractivity contribution in [3.63, 3.8) is 0 Å². The standard InChI is InChI=1S/C15H21N3O/c1-4-19-13-7-5-12(6-8-13)18-10-17-9-14(18)15(16)11(2)3/h5-11,15H,4,16H2,1-3H3. The van der Waals surface area contributed by atoms with Gasteiger partial charge in [0.15, 0.2) is 0 Å². The number of hydrogen-bond donors (Lipinski definition) is 1. The third-order valence-corrected chi connectivity index (χ3v) is 3.15. The molecule has 0 amide bonds. The van der Waals surface area contributed by atoms with E-state index >= 15 is 0 Å². The predicted octanol–water partition coefficient (Wildman–Crippen LogP) is 2.93. The Morgan fingerprint density at radius 3 is 2.53 bits per heavy atom. The molecule has 0 spiro atoms. The summed E-state index contributed by atoms with van der Waals surface area (Å²) in [6, 6.07) is 7.94. The molecule has 0 saturated heterocycles. The zero-order chi connectivity index (χ0) is 13.8. The zero-order valence-corrected chi connectivity index (χ0v) is 11.7. The van der Waals surface area contributed by atoms with Crippen LogP contribution in [0.25, 0.3) is 5.69 Å². The van der Waals surface area contributed by atoms with E-state index in [1.165, 1.54) is 0 Å². The molecule has 0 aliphatic carbocycles. The van der Waals surface area contributed by atoms with Crippen LogP contribution in [-0.2, 0) is 0 Å². The maximum atomic E-state index is 6.21. The number of nitrogens with two attached hydrogens (primary N) is 1. The Labute approximate surface area is 114 Å². The molecule has 0 aliphatic heterocycles. The van der Waals surface area contributed by atoms with Gasteiger partial charge in [-0.3, -0.25) is 0 Å². The Bertz CT molecular complexity index is 516. The summed E-state index contributed by atoms with van der Waals surface area (Å²) in [4.78, 5) is 4.21. The quantitative estimate of drug-likeness (QED) is 0.898. The fourth-order valence-electron chi connectivity index (χ4n) is 1.98.